The van der Waals surface area contributed by atoms with Gasteiger partial charge in [0, 0.05) is 29.1 Å². The van der Waals surface area contributed by atoms with E-state index in [1.807, 2.05) is 23.6 Å². The van der Waals surface area contributed by atoms with Crippen LogP contribution in [0.25, 0.3) is 10.9 Å². The van der Waals surface area contributed by atoms with Crippen molar-refractivity contribution in [2.45, 2.75) is 13.0 Å². The molecule has 0 saturated heterocycles. The van der Waals surface area contributed by atoms with Gasteiger partial charge in [0.1, 0.15) is 11.4 Å². The summed E-state index contributed by atoms with van der Waals surface area (Å²) < 4.78 is 1.95. The molecule has 0 saturated carbocycles. The number of nitrogens with one attached hydrogen (secondary N) is 2. The maximum atomic E-state index is 12.6. The molecule has 0 aliphatic carbocycles. The molecular formula is C19H17N5O3. The lowest BCUT2D eigenvalue weighted by Gasteiger charge is -2.24. The Morgan fingerprint density at radius 1 is 1.26 bits per heavy atom. The fourth-order valence-electron chi connectivity index (χ4n) is 3.25. The molecule has 8 nitrogen and oxygen atoms in total. The second-order valence-corrected chi connectivity index (χ2v) is 6.48. The van der Waals surface area contributed by atoms with Gasteiger partial charge < -0.3 is 20.9 Å². The Hall–Kier alpha value is -3.68. The number of nitrogens with zero attached hydrogens (tertiary/aromatic N) is 2. The summed E-state index contributed by atoms with van der Waals surface area (Å²) in [7, 11) is 0. The van der Waals surface area contributed by atoms with E-state index in [1.165, 1.54) is 12.3 Å². The number of carbonyl (C=O) groups excluding carboxylic acids is 3. The van der Waals surface area contributed by atoms with Crippen LogP contribution in [-0.2, 0) is 0 Å². The van der Waals surface area contributed by atoms with Crippen molar-refractivity contribution in [3.8, 4) is 0 Å². The average Bonchev–Trinajstić information content (AvgIpc) is 3.05. The molecular weight excluding hydrogens is 346 g/mol. The fourth-order valence-corrected chi connectivity index (χ4v) is 3.25. The zero-order chi connectivity index (χ0) is 19.1. The van der Waals surface area contributed by atoms with Gasteiger partial charge in [-0.1, -0.05) is 6.07 Å². The molecule has 3 amide bonds. The fraction of sp³-hybridized carbons (Fsp3) is 0.158. The Morgan fingerprint density at radius 3 is 2.78 bits per heavy atom. The van der Waals surface area contributed by atoms with E-state index in [0.29, 0.717) is 23.5 Å². The van der Waals surface area contributed by atoms with Crippen molar-refractivity contribution in [1.82, 2.24) is 14.9 Å². The number of rotatable bonds is 3. The van der Waals surface area contributed by atoms with Crippen molar-refractivity contribution >= 4 is 34.3 Å². The number of aromatic nitrogens is 2. The van der Waals surface area contributed by atoms with E-state index < -0.39 is 5.91 Å². The maximum absolute atomic E-state index is 12.6. The Balaban J connectivity index is 1.65. The molecule has 0 spiro atoms. The number of primary amides is 1. The van der Waals surface area contributed by atoms with Crippen molar-refractivity contribution in [2.24, 2.45) is 5.73 Å². The number of fused-ring (bicyclic) bond motifs is 3. The number of hydrogen-bond acceptors (Lipinski definition) is 4. The predicted octanol–water partition coefficient (Wildman–Crippen LogP) is 1.69. The van der Waals surface area contributed by atoms with Crippen LogP contribution in [0, 0.1) is 0 Å². The van der Waals surface area contributed by atoms with Gasteiger partial charge >= 0.3 is 0 Å². The van der Waals surface area contributed by atoms with Crippen LogP contribution in [0.4, 0.5) is 5.69 Å². The van der Waals surface area contributed by atoms with Crippen LogP contribution in [-0.4, -0.2) is 33.8 Å². The van der Waals surface area contributed by atoms with Gasteiger partial charge in [-0.15, -0.1) is 0 Å². The molecule has 0 bridgehead atoms. The standard InChI is InChI=1S/C19H17N5O3/c1-10-8-22-19(27)16-6-11-2-3-12(7-15(11)24(10)16)18(26)23-13-4-5-14(17(20)25)21-9-13/h2-7,9-10H,8H2,1H3,(H2,20,25)(H,22,27)(H,23,26). The third-order valence-corrected chi connectivity index (χ3v) is 4.61. The second-order valence-electron chi connectivity index (χ2n) is 6.48. The SMILES string of the molecule is CC1CNC(=O)c2cc3ccc(C(=O)Nc4ccc(C(N)=O)nc4)cc3n21. The summed E-state index contributed by atoms with van der Waals surface area (Å²) in [4.78, 5) is 39.6. The van der Waals surface area contributed by atoms with Crippen LogP contribution in [0.15, 0.2) is 42.6 Å². The van der Waals surface area contributed by atoms with Gasteiger partial charge in [0.25, 0.3) is 17.7 Å². The number of anilines is 1. The maximum Gasteiger partial charge on any atom is 0.268 e. The zero-order valence-corrected chi connectivity index (χ0v) is 14.5. The van der Waals surface area contributed by atoms with Gasteiger partial charge in [0.15, 0.2) is 0 Å². The second kappa shape index (κ2) is 6.24. The molecule has 136 valence electrons. The van der Waals surface area contributed by atoms with Gasteiger partial charge in [-0.3, -0.25) is 14.4 Å². The molecule has 3 aromatic rings. The monoisotopic (exact) mass is 363 g/mol. The highest BCUT2D eigenvalue weighted by molar-refractivity contribution is 6.07. The van der Waals surface area contributed by atoms with E-state index in [0.717, 1.165) is 10.9 Å². The van der Waals surface area contributed by atoms with Gasteiger partial charge in [-0.05, 0) is 37.3 Å². The molecule has 8 heteroatoms. The minimum Gasteiger partial charge on any atom is -0.364 e. The predicted molar refractivity (Wildman–Crippen MR) is 99.7 cm³/mol. The lowest BCUT2D eigenvalue weighted by atomic mass is 10.1. The minimum absolute atomic E-state index is 0.0963. The van der Waals surface area contributed by atoms with Crippen molar-refractivity contribution in [3.63, 3.8) is 0 Å². The van der Waals surface area contributed by atoms with Gasteiger partial charge in [0.05, 0.1) is 11.9 Å². The van der Waals surface area contributed by atoms with Crippen LogP contribution in [0.2, 0.25) is 0 Å². The Bertz CT molecular complexity index is 1080. The quantitative estimate of drug-likeness (QED) is 0.656. The molecule has 27 heavy (non-hydrogen) atoms. The largest absolute Gasteiger partial charge is 0.364 e. The van der Waals surface area contributed by atoms with Gasteiger partial charge in [0.2, 0.25) is 0 Å². The van der Waals surface area contributed by atoms with Crippen LogP contribution in [0.1, 0.15) is 44.3 Å². The number of nitrogens with two attached hydrogens (primary N) is 1. The van der Waals surface area contributed by atoms with Crippen LogP contribution < -0.4 is 16.4 Å². The number of hydrogen-bond donors (Lipinski definition) is 3. The first-order valence-corrected chi connectivity index (χ1v) is 8.44. The molecule has 4 N–H and O–H groups in total. The van der Waals surface area contributed by atoms with Crippen molar-refractivity contribution in [2.75, 3.05) is 11.9 Å². The first-order valence-electron chi connectivity index (χ1n) is 8.44. The molecule has 1 unspecified atom stereocenters. The highest BCUT2D eigenvalue weighted by Gasteiger charge is 2.24. The summed E-state index contributed by atoms with van der Waals surface area (Å²) in [5, 5.41) is 6.49. The number of amides is 3. The lowest BCUT2D eigenvalue weighted by Crippen LogP contribution is -2.37. The van der Waals surface area contributed by atoms with E-state index in [4.69, 9.17) is 5.73 Å². The Kier molecular flexibility index (Phi) is 3.88. The number of carbonyl (C=O) groups is 3. The van der Waals surface area contributed by atoms with Crippen LogP contribution >= 0.6 is 0 Å². The topological polar surface area (TPSA) is 119 Å². The summed E-state index contributed by atoms with van der Waals surface area (Å²) in [5.74, 6) is -1.06. The molecule has 4 rings (SSSR count). The molecule has 1 atom stereocenters. The third kappa shape index (κ3) is 2.91. The Labute approximate surface area is 154 Å². The lowest BCUT2D eigenvalue weighted by molar-refractivity contribution is 0.0918. The number of benzene rings is 1. The summed E-state index contributed by atoms with van der Waals surface area (Å²) in [5.41, 5.74) is 7.62. The summed E-state index contributed by atoms with van der Waals surface area (Å²) >= 11 is 0. The zero-order valence-electron chi connectivity index (χ0n) is 14.5. The molecule has 0 fully saturated rings. The van der Waals surface area contributed by atoms with E-state index in [2.05, 4.69) is 15.6 Å². The molecule has 1 aliphatic rings. The van der Waals surface area contributed by atoms with Gasteiger partial charge in [-0.25, -0.2) is 4.98 Å². The van der Waals surface area contributed by atoms with Gasteiger partial charge in [-0.2, -0.15) is 0 Å². The van der Waals surface area contributed by atoms with E-state index in [1.54, 1.807) is 18.2 Å². The van der Waals surface area contributed by atoms with Crippen molar-refractivity contribution in [1.29, 1.82) is 0 Å². The summed E-state index contributed by atoms with van der Waals surface area (Å²) in [6.07, 6.45) is 1.38. The van der Waals surface area contributed by atoms with Crippen molar-refractivity contribution < 1.29 is 14.4 Å². The highest BCUT2D eigenvalue weighted by Crippen LogP contribution is 2.27. The minimum atomic E-state index is -0.630. The first-order chi connectivity index (χ1) is 12.9. The molecule has 2 aromatic heterocycles. The molecule has 0 radical (unpaired) electrons. The molecule has 1 aliphatic heterocycles. The molecule has 3 heterocycles. The number of pyridine rings is 1. The smallest absolute Gasteiger partial charge is 0.268 e. The van der Waals surface area contributed by atoms with E-state index >= 15 is 0 Å². The first kappa shape index (κ1) is 16.8. The summed E-state index contributed by atoms with van der Waals surface area (Å²) in [6.45, 7) is 2.56. The third-order valence-electron chi connectivity index (χ3n) is 4.61. The van der Waals surface area contributed by atoms with Crippen LogP contribution in [0.3, 0.4) is 0 Å². The summed E-state index contributed by atoms with van der Waals surface area (Å²) in [6, 6.07) is 10.2. The Morgan fingerprint density at radius 2 is 2.07 bits per heavy atom. The average molecular weight is 363 g/mol. The van der Waals surface area contributed by atoms with Crippen LogP contribution in [0.5, 0.6) is 0 Å². The van der Waals surface area contributed by atoms with E-state index in [9.17, 15) is 14.4 Å². The molecule has 1 aromatic carbocycles. The van der Waals surface area contributed by atoms with Crippen molar-refractivity contribution in [3.05, 3.63) is 59.5 Å². The van der Waals surface area contributed by atoms with E-state index in [-0.39, 0.29) is 23.6 Å². The highest BCUT2D eigenvalue weighted by atomic mass is 16.2. The normalized spacial score (nSPS) is 15.9.